The maximum atomic E-state index is 11.8. The van der Waals surface area contributed by atoms with Gasteiger partial charge in [-0.1, -0.05) is 61.0 Å². The lowest BCUT2D eigenvalue weighted by Crippen LogP contribution is -2.25. The Labute approximate surface area is 135 Å². The molecule has 2 aromatic rings. The Kier molecular flexibility index (Phi) is 5.79. The van der Waals surface area contributed by atoms with E-state index in [1.54, 1.807) is 24.3 Å². The number of hydrogen-bond acceptors (Lipinski definition) is 2. The summed E-state index contributed by atoms with van der Waals surface area (Å²) in [6, 6.07) is 16.4. The molecule has 2 rings (SSSR count). The van der Waals surface area contributed by atoms with E-state index in [4.69, 9.17) is 11.6 Å². The van der Waals surface area contributed by atoms with Crippen LogP contribution in [-0.4, -0.2) is 16.3 Å². The Morgan fingerprint density at radius 3 is 2.32 bits per heavy atom. The van der Waals surface area contributed by atoms with E-state index in [1.807, 2.05) is 37.3 Å². The first-order valence-electron chi connectivity index (χ1n) is 6.97. The zero-order valence-corrected chi connectivity index (χ0v) is 13.8. The van der Waals surface area contributed by atoms with Crippen molar-refractivity contribution in [3.8, 4) is 0 Å². The third kappa shape index (κ3) is 4.67. The van der Waals surface area contributed by atoms with Crippen molar-refractivity contribution in [1.29, 1.82) is 0 Å². The predicted octanol–water partition coefficient (Wildman–Crippen LogP) is 3.91. The summed E-state index contributed by atoms with van der Waals surface area (Å²) in [6.07, 6.45) is 0. The molecule has 2 aromatic carbocycles. The van der Waals surface area contributed by atoms with Gasteiger partial charge < -0.3 is 9.79 Å². The third-order valence-corrected chi connectivity index (χ3v) is 4.88. The van der Waals surface area contributed by atoms with E-state index in [1.165, 1.54) is 0 Å². The summed E-state index contributed by atoms with van der Waals surface area (Å²) < 4.78 is 11.8. The van der Waals surface area contributed by atoms with Crippen LogP contribution in [0.5, 0.6) is 0 Å². The first kappa shape index (κ1) is 17.2. The van der Waals surface area contributed by atoms with Gasteiger partial charge in [-0.05, 0) is 29.2 Å². The Hall–Kier alpha value is -1.16. The fraction of sp³-hybridized carbons (Fsp3) is 0.250. The summed E-state index contributed by atoms with van der Waals surface area (Å²) in [5.74, 6) is -0.924. The number of hydrogen-bond donors (Lipinski definition) is 3. The Morgan fingerprint density at radius 1 is 1.09 bits per heavy atom. The minimum Gasteiger partial charge on any atom is -0.323 e. The molecule has 22 heavy (non-hydrogen) atoms. The zero-order valence-electron chi connectivity index (χ0n) is 12.2. The lowest BCUT2D eigenvalue weighted by molar-refractivity contribution is 0.346. The molecule has 0 heterocycles. The molecule has 0 bridgehead atoms. The van der Waals surface area contributed by atoms with Crippen molar-refractivity contribution in [2.45, 2.75) is 18.6 Å². The molecule has 0 fully saturated rings. The predicted molar refractivity (Wildman–Crippen MR) is 89.1 cm³/mol. The van der Waals surface area contributed by atoms with Gasteiger partial charge in [-0.3, -0.25) is 9.88 Å². The van der Waals surface area contributed by atoms with Crippen LogP contribution in [0, 0.1) is 0 Å². The molecule has 6 heteroatoms. The lowest BCUT2D eigenvalue weighted by Gasteiger charge is -2.23. The summed E-state index contributed by atoms with van der Waals surface area (Å²) >= 11 is 5.92. The summed E-state index contributed by atoms with van der Waals surface area (Å²) in [5, 5.41) is 3.43. The van der Waals surface area contributed by atoms with Crippen LogP contribution in [0.4, 0.5) is 0 Å². The molecule has 0 unspecified atom stereocenters. The molecular weight excluding hydrogens is 321 g/mol. The van der Waals surface area contributed by atoms with Gasteiger partial charge in [0.2, 0.25) is 0 Å². The van der Waals surface area contributed by atoms with Crippen molar-refractivity contribution in [3.05, 3.63) is 70.7 Å². The van der Waals surface area contributed by atoms with Gasteiger partial charge in [0.05, 0.1) is 0 Å². The highest BCUT2D eigenvalue weighted by Crippen LogP contribution is 2.50. The Balaban J connectivity index is 2.13. The van der Waals surface area contributed by atoms with Crippen LogP contribution >= 0.6 is 19.2 Å². The average molecular weight is 340 g/mol. The Bertz CT molecular complexity index is 659. The molecule has 118 valence electrons. The normalized spacial score (nSPS) is 14.5. The van der Waals surface area contributed by atoms with Crippen LogP contribution < -0.4 is 5.32 Å². The average Bonchev–Trinajstić information content (AvgIpc) is 2.47. The monoisotopic (exact) mass is 339 g/mol. The number of rotatable bonds is 6. The van der Waals surface area contributed by atoms with E-state index in [0.29, 0.717) is 17.1 Å². The molecule has 3 N–H and O–H groups in total. The van der Waals surface area contributed by atoms with E-state index >= 15 is 0 Å². The fourth-order valence-corrected chi connectivity index (χ4v) is 3.39. The minimum absolute atomic E-state index is 0.134. The molecule has 0 saturated heterocycles. The quantitative estimate of drug-likeness (QED) is 0.698. The van der Waals surface area contributed by atoms with Crippen LogP contribution in [0.1, 0.15) is 29.8 Å². The fourth-order valence-electron chi connectivity index (χ4n) is 2.30. The summed E-state index contributed by atoms with van der Waals surface area (Å²) in [7, 11) is -4.34. The second-order valence-corrected chi connectivity index (χ2v) is 7.40. The molecule has 0 aromatic heterocycles. The van der Waals surface area contributed by atoms with Crippen LogP contribution in [0.15, 0.2) is 54.6 Å². The largest absolute Gasteiger partial charge is 0.346 e. The van der Waals surface area contributed by atoms with Crippen molar-refractivity contribution in [2.75, 3.05) is 6.54 Å². The summed E-state index contributed by atoms with van der Waals surface area (Å²) in [5.41, 5.74) is 1.60. The van der Waals surface area contributed by atoms with Crippen molar-refractivity contribution in [1.82, 2.24) is 5.32 Å². The molecule has 0 aliphatic heterocycles. The highest BCUT2D eigenvalue weighted by Gasteiger charge is 2.30. The lowest BCUT2D eigenvalue weighted by atomic mass is 10.0. The molecule has 2 atom stereocenters. The number of halogens is 1. The van der Waals surface area contributed by atoms with Crippen molar-refractivity contribution < 1.29 is 14.4 Å². The summed E-state index contributed by atoms with van der Waals surface area (Å²) in [6.45, 7) is 2.46. The highest BCUT2D eigenvalue weighted by atomic mass is 35.5. The van der Waals surface area contributed by atoms with E-state index in [0.717, 1.165) is 5.56 Å². The van der Waals surface area contributed by atoms with Gasteiger partial charge in [-0.15, -0.1) is 0 Å². The second kappa shape index (κ2) is 7.40. The highest BCUT2D eigenvalue weighted by molar-refractivity contribution is 7.52. The van der Waals surface area contributed by atoms with Gasteiger partial charge >= 0.3 is 7.60 Å². The first-order chi connectivity index (χ1) is 10.4. The van der Waals surface area contributed by atoms with Crippen molar-refractivity contribution in [2.24, 2.45) is 0 Å². The Morgan fingerprint density at radius 2 is 1.73 bits per heavy atom. The number of nitrogens with one attached hydrogen (secondary N) is 1. The van der Waals surface area contributed by atoms with Crippen LogP contribution in [0.25, 0.3) is 0 Å². The van der Waals surface area contributed by atoms with Crippen LogP contribution in [-0.2, 0) is 4.57 Å². The van der Waals surface area contributed by atoms with Gasteiger partial charge in [0, 0.05) is 11.6 Å². The maximum absolute atomic E-state index is 11.8. The maximum Gasteiger partial charge on any atom is 0.346 e. The van der Waals surface area contributed by atoms with Crippen molar-refractivity contribution in [3.63, 3.8) is 0 Å². The van der Waals surface area contributed by atoms with E-state index < -0.39 is 13.4 Å². The molecule has 0 aliphatic carbocycles. The second-order valence-electron chi connectivity index (χ2n) is 5.27. The number of benzene rings is 2. The van der Waals surface area contributed by atoms with Gasteiger partial charge in [-0.2, -0.15) is 0 Å². The minimum atomic E-state index is -4.34. The molecule has 0 radical (unpaired) electrons. The van der Waals surface area contributed by atoms with Crippen LogP contribution in [0.2, 0.25) is 5.02 Å². The van der Waals surface area contributed by atoms with Gasteiger partial charge in [-0.25, -0.2) is 0 Å². The van der Waals surface area contributed by atoms with E-state index in [2.05, 4.69) is 5.32 Å². The van der Waals surface area contributed by atoms with Gasteiger partial charge in [0.15, 0.2) is 0 Å². The summed E-state index contributed by atoms with van der Waals surface area (Å²) in [4.78, 5) is 19.2. The third-order valence-electron chi connectivity index (χ3n) is 3.49. The van der Waals surface area contributed by atoms with Gasteiger partial charge in [0.1, 0.15) is 5.78 Å². The smallest absolute Gasteiger partial charge is 0.323 e. The van der Waals surface area contributed by atoms with E-state index in [-0.39, 0.29) is 5.92 Å². The topological polar surface area (TPSA) is 69.6 Å². The zero-order chi connectivity index (χ0) is 16.2. The first-order valence-corrected chi connectivity index (χ1v) is 9.03. The van der Waals surface area contributed by atoms with Crippen LogP contribution in [0.3, 0.4) is 0 Å². The van der Waals surface area contributed by atoms with Gasteiger partial charge in [0.25, 0.3) is 0 Å². The molecule has 0 amide bonds. The molecule has 0 spiro atoms. The molecular formula is C16H19ClNO3P. The molecule has 4 nitrogen and oxygen atoms in total. The van der Waals surface area contributed by atoms with Crippen molar-refractivity contribution >= 4 is 19.2 Å². The molecule has 0 saturated carbocycles. The SMILES string of the molecule is C[C@H](CN[C@@H](c1cccc(Cl)c1)P(=O)(O)O)c1ccccc1. The van der Waals surface area contributed by atoms with E-state index in [9.17, 15) is 14.4 Å². The standard InChI is InChI=1S/C16H19ClNO3P/c1-12(13-6-3-2-4-7-13)11-18-16(22(19,20)21)14-8-5-9-15(17)10-14/h2-10,12,16,18H,11H2,1H3,(H2,19,20,21)/t12-,16-/m1/s1. The molecule has 0 aliphatic rings.